The minimum atomic E-state index is -0.918. The molecule has 0 aromatic carbocycles. The molecule has 0 bridgehead atoms. The molecule has 4 atom stereocenters. The number of carbonyl (C=O) groups is 2. The first-order chi connectivity index (χ1) is 10.3. The van der Waals surface area contributed by atoms with Crippen LogP contribution in [0.1, 0.15) is 40.0 Å². The molecule has 0 unspecified atom stereocenters. The predicted octanol–water partition coefficient (Wildman–Crippen LogP) is 4.20. The second kappa shape index (κ2) is 4.91. The third-order valence-corrected chi connectivity index (χ3v) is 5.93. The Morgan fingerprint density at radius 3 is 2.41 bits per heavy atom. The van der Waals surface area contributed by atoms with Crippen LogP contribution < -0.4 is 0 Å². The van der Waals surface area contributed by atoms with Crippen LogP contribution in [0.2, 0.25) is 0 Å². The van der Waals surface area contributed by atoms with Crippen LogP contribution in [0.5, 0.6) is 0 Å². The van der Waals surface area contributed by atoms with Crippen LogP contribution in [0.3, 0.4) is 0 Å². The summed E-state index contributed by atoms with van der Waals surface area (Å²) in [5.41, 5.74) is 2.76. The Morgan fingerprint density at radius 2 is 1.86 bits per heavy atom. The summed E-state index contributed by atoms with van der Waals surface area (Å²) in [7, 11) is 0. The van der Waals surface area contributed by atoms with Crippen molar-refractivity contribution in [3.8, 4) is 0 Å². The number of fused-ring (bicyclic) bond motifs is 2. The van der Waals surface area contributed by atoms with E-state index in [1.54, 1.807) is 0 Å². The van der Waals surface area contributed by atoms with Crippen molar-refractivity contribution in [1.29, 1.82) is 0 Å². The lowest BCUT2D eigenvalue weighted by molar-refractivity contribution is -0.141. The second-order valence-corrected chi connectivity index (χ2v) is 7.28. The van der Waals surface area contributed by atoms with Crippen LogP contribution >= 0.6 is 0 Å². The minimum Gasteiger partial charge on any atom is -0.293 e. The summed E-state index contributed by atoms with van der Waals surface area (Å²) in [6, 6.07) is 0. The number of Topliss-reactive ketones (excluding diaryl/α,β-unsaturated/α-hetero) is 2. The van der Waals surface area contributed by atoms with Gasteiger partial charge in [0, 0.05) is 5.92 Å². The van der Waals surface area contributed by atoms with Gasteiger partial charge in [-0.2, -0.15) is 0 Å². The molecule has 0 N–H and O–H groups in total. The van der Waals surface area contributed by atoms with Gasteiger partial charge in [-0.1, -0.05) is 36.5 Å². The summed E-state index contributed by atoms with van der Waals surface area (Å²) >= 11 is 0. The molecule has 0 aromatic heterocycles. The average Bonchev–Trinajstić information content (AvgIpc) is 2.74. The van der Waals surface area contributed by atoms with E-state index in [4.69, 9.17) is 0 Å². The molecule has 3 aliphatic rings. The Balaban J connectivity index is 2.18. The lowest BCUT2D eigenvalue weighted by atomic mass is 9.51. The zero-order chi connectivity index (χ0) is 16.2. The zero-order valence-electron chi connectivity index (χ0n) is 13.7. The van der Waals surface area contributed by atoms with E-state index in [-0.39, 0.29) is 23.4 Å². The number of hydrogen-bond donors (Lipinski definition) is 0. The molecule has 0 heterocycles. The van der Waals surface area contributed by atoms with E-state index in [1.807, 2.05) is 19.9 Å². The first kappa shape index (κ1) is 15.2. The molecule has 2 nitrogen and oxygen atoms in total. The van der Waals surface area contributed by atoms with Crippen molar-refractivity contribution < 1.29 is 9.59 Å². The number of carbonyl (C=O) groups excluding carboxylic acids is 2. The van der Waals surface area contributed by atoms with Crippen LogP contribution in [-0.2, 0) is 9.59 Å². The highest BCUT2D eigenvalue weighted by Crippen LogP contribution is 2.57. The van der Waals surface area contributed by atoms with Gasteiger partial charge in [0.2, 0.25) is 0 Å². The molecule has 0 aromatic rings. The van der Waals surface area contributed by atoms with E-state index < -0.39 is 5.41 Å². The van der Waals surface area contributed by atoms with Crippen LogP contribution in [0.15, 0.2) is 47.6 Å². The summed E-state index contributed by atoms with van der Waals surface area (Å²) in [6.07, 6.45) is 6.46. The van der Waals surface area contributed by atoms with E-state index in [0.717, 1.165) is 35.1 Å². The normalized spacial score (nSPS) is 38.0. The number of hydrogen-bond acceptors (Lipinski definition) is 2. The van der Waals surface area contributed by atoms with Gasteiger partial charge in [-0.05, 0) is 63.0 Å². The van der Waals surface area contributed by atoms with Crippen LogP contribution in [0.4, 0.5) is 0 Å². The maximum absolute atomic E-state index is 13.0. The Kier molecular flexibility index (Phi) is 3.39. The molecule has 22 heavy (non-hydrogen) atoms. The fourth-order valence-electron chi connectivity index (χ4n) is 4.83. The third kappa shape index (κ3) is 1.79. The van der Waals surface area contributed by atoms with Crippen LogP contribution in [-0.4, -0.2) is 11.6 Å². The lowest BCUT2D eigenvalue weighted by Crippen LogP contribution is -2.52. The SMILES string of the molecule is C=C(C)[C@@H]1CCC(=C)[C@H]2[C@H]1C=C(C)C(=O)[C@@]21CC=C(C)C1=O. The topological polar surface area (TPSA) is 34.1 Å². The van der Waals surface area contributed by atoms with Crippen molar-refractivity contribution in [1.82, 2.24) is 0 Å². The summed E-state index contributed by atoms with van der Waals surface area (Å²) in [5.74, 6) is 0.475. The van der Waals surface area contributed by atoms with Crippen LogP contribution in [0.25, 0.3) is 0 Å². The molecule has 1 fully saturated rings. The molecule has 3 aliphatic carbocycles. The van der Waals surface area contributed by atoms with Gasteiger partial charge in [-0.3, -0.25) is 9.59 Å². The van der Waals surface area contributed by atoms with E-state index >= 15 is 0 Å². The van der Waals surface area contributed by atoms with E-state index in [1.165, 1.54) is 0 Å². The average molecular weight is 296 g/mol. The predicted molar refractivity (Wildman–Crippen MR) is 88.2 cm³/mol. The summed E-state index contributed by atoms with van der Waals surface area (Å²) < 4.78 is 0. The van der Waals surface area contributed by atoms with Crippen molar-refractivity contribution in [2.45, 2.75) is 40.0 Å². The number of ketones is 2. The van der Waals surface area contributed by atoms with Gasteiger partial charge in [0.05, 0.1) is 0 Å². The molecule has 116 valence electrons. The molecule has 1 saturated carbocycles. The molecule has 0 amide bonds. The maximum Gasteiger partial charge on any atom is 0.173 e. The quantitative estimate of drug-likeness (QED) is 0.537. The third-order valence-electron chi connectivity index (χ3n) is 5.93. The van der Waals surface area contributed by atoms with E-state index in [2.05, 4.69) is 26.2 Å². The second-order valence-electron chi connectivity index (χ2n) is 7.28. The van der Waals surface area contributed by atoms with Crippen molar-refractivity contribution in [2.75, 3.05) is 0 Å². The Morgan fingerprint density at radius 1 is 1.23 bits per heavy atom. The van der Waals surface area contributed by atoms with Crippen molar-refractivity contribution in [3.05, 3.63) is 47.6 Å². The zero-order valence-corrected chi connectivity index (χ0v) is 13.7. The Bertz CT molecular complexity index is 661. The molecule has 1 spiro atoms. The number of rotatable bonds is 1. The van der Waals surface area contributed by atoms with Crippen molar-refractivity contribution in [2.24, 2.45) is 23.2 Å². The minimum absolute atomic E-state index is 0.00960. The first-order valence-corrected chi connectivity index (χ1v) is 8.08. The molecule has 3 rings (SSSR count). The Hall–Kier alpha value is -1.70. The molecule has 0 aliphatic heterocycles. The summed E-state index contributed by atoms with van der Waals surface area (Å²) in [6.45, 7) is 14.1. The van der Waals surface area contributed by atoms with E-state index in [0.29, 0.717) is 12.3 Å². The number of allylic oxidation sites excluding steroid dienone is 6. The van der Waals surface area contributed by atoms with Gasteiger partial charge < -0.3 is 0 Å². The standard InChI is InChI=1S/C20H24O2/c1-11(2)15-7-6-12(3)17-16(15)10-14(5)19(22)20(17)9-8-13(4)18(20)21/h8,10,15-17H,1,3,6-7,9H2,2,4-5H3/t15-,16-,17-,20-/m0/s1. The van der Waals surface area contributed by atoms with Gasteiger partial charge in [0.25, 0.3) is 0 Å². The molecule has 0 radical (unpaired) electrons. The van der Waals surface area contributed by atoms with Gasteiger partial charge in [0.1, 0.15) is 5.41 Å². The monoisotopic (exact) mass is 296 g/mol. The highest BCUT2D eigenvalue weighted by Gasteiger charge is 2.60. The summed E-state index contributed by atoms with van der Waals surface area (Å²) in [5, 5.41) is 0. The lowest BCUT2D eigenvalue weighted by Gasteiger charge is -2.49. The first-order valence-electron chi connectivity index (χ1n) is 8.08. The highest BCUT2D eigenvalue weighted by atomic mass is 16.2. The van der Waals surface area contributed by atoms with Gasteiger partial charge in [0.15, 0.2) is 11.6 Å². The maximum atomic E-state index is 13.0. The summed E-state index contributed by atoms with van der Waals surface area (Å²) in [4.78, 5) is 25.9. The fraction of sp³-hybridized carbons (Fsp3) is 0.500. The smallest absolute Gasteiger partial charge is 0.173 e. The van der Waals surface area contributed by atoms with Crippen molar-refractivity contribution in [3.63, 3.8) is 0 Å². The molecular formula is C20H24O2. The van der Waals surface area contributed by atoms with Gasteiger partial charge >= 0.3 is 0 Å². The Labute approximate surface area is 132 Å². The molecule has 2 heteroatoms. The molecule has 0 saturated heterocycles. The highest BCUT2D eigenvalue weighted by molar-refractivity contribution is 6.21. The van der Waals surface area contributed by atoms with Crippen molar-refractivity contribution >= 4 is 11.6 Å². The fourth-order valence-corrected chi connectivity index (χ4v) is 4.83. The van der Waals surface area contributed by atoms with Gasteiger partial charge in [-0.25, -0.2) is 0 Å². The molecular weight excluding hydrogens is 272 g/mol. The van der Waals surface area contributed by atoms with Gasteiger partial charge in [-0.15, -0.1) is 0 Å². The largest absolute Gasteiger partial charge is 0.293 e. The van der Waals surface area contributed by atoms with E-state index in [9.17, 15) is 9.59 Å². The van der Waals surface area contributed by atoms with Crippen LogP contribution in [0, 0.1) is 23.2 Å².